The van der Waals surface area contributed by atoms with E-state index in [1.807, 2.05) is 42.3 Å². The zero-order valence-electron chi connectivity index (χ0n) is 13.2. The number of nitrogens with one attached hydrogen (secondary N) is 1. The number of carbonyl (C=O) groups excluding carboxylic acids is 1. The van der Waals surface area contributed by atoms with Crippen LogP contribution in [0.15, 0.2) is 48.8 Å². The number of amides is 1. The van der Waals surface area contributed by atoms with Crippen molar-refractivity contribution in [3.63, 3.8) is 0 Å². The predicted molar refractivity (Wildman–Crippen MR) is 88.5 cm³/mol. The molecule has 4 heteroatoms. The number of nitrogens with zero attached hydrogens (tertiary/aromatic N) is 2. The number of likely N-dealkylation sites (N-methyl/N-ethyl adjacent to an activating group) is 1. The predicted octanol–water partition coefficient (Wildman–Crippen LogP) is 2.18. The van der Waals surface area contributed by atoms with Crippen LogP contribution in [0.3, 0.4) is 0 Å². The van der Waals surface area contributed by atoms with Gasteiger partial charge in [0, 0.05) is 25.5 Å². The molecule has 0 atom stereocenters. The highest BCUT2D eigenvalue weighted by Crippen LogP contribution is 2.06. The number of hydrogen-bond acceptors (Lipinski definition) is 3. The lowest BCUT2D eigenvalue weighted by molar-refractivity contribution is -0.122. The first-order valence-electron chi connectivity index (χ1n) is 7.54. The summed E-state index contributed by atoms with van der Waals surface area (Å²) in [7, 11) is 1.97. The van der Waals surface area contributed by atoms with Gasteiger partial charge in [0.1, 0.15) is 0 Å². The van der Waals surface area contributed by atoms with Gasteiger partial charge in [-0.25, -0.2) is 0 Å². The van der Waals surface area contributed by atoms with Gasteiger partial charge in [0.15, 0.2) is 0 Å². The number of benzene rings is 1. The summed E-state index contributed by atoms with van der Waals surface area (Å²) < 4.78 is 0. The van der Waals surface area contributed by atoms with Crippen molar-refractivity contribution in [1.82, 2.24) is 15.2 Å². The van der Waals surface area contributed by atoms with Gasteiger partial charge in [0.25, 0.3) is 0 Å². The lowest BCUT2D eigenvalue weighted by atomic mass is 10.1. The van der Waals surface area contributed by atoms with Gasteiger partial charge in [0.2, 0.25) is 5.91 Å². The average Bonchev–Trinajstić information content (AvgIpc) is 2.53. The van der Waals surface area contributed by atoms with Crippen LogP contribution >= 0.6 is 0 Å². The third-order valence-corrected chi connectivity index (χ3v) is 3.68. The van der Waals surface area contributed by atoms with Crippen LogP contribution in [0, 0.1) is 6.92 Å². The molecule has 1 amide bonds. The van der Waals surface area contributed by atoms with Crippen molar-refractivity contribution in [3.8, 4) is 0 Å². The summed E-state index contributed by atoms with van der Waals surface area (Å²) in [5.74, 6) is 0.0560. The van der Waals surface area contributed by atoms with Crippen molar-refractivity contribution in [2.75, 3.05) is 20.1 Å². The van der Waals surface area contributed by atoms with E-state index < -0.39 is 0 Å². The van der Waals surface area contributed by atoms with Crippen LogP contribution in [0.1, 0.15) is 16.7 Å². The molecule has 4 nitrogen and oxygen atoms in total. The van der Waals surface area contributed by atoms with Gasteiger partial charge in [-0.2, -0.15) is 0 Å². The molecule has 0 saturated heterocycles. The summed E-state index contributed by atoms with van der Waals surface area (Å²) in [5, 5.41) is 2.98. The van der Waals surface area contributed by atoms with Gasteiger partial charge in [-0.15, -0.1) is 0 Å². The molecule has 1 aromatic heterocycles. The number of hydrogen-bond donors (Lipinski definition) is 1. The summed E-state index contributed by atoms with van der Waals surface area (Å²) in [6, 6.07) is 12.1. The molecule has 0 radical (unpaired) electrons. The van der Waals surface area contributed by atoms with Crippen LogP contribution in [-0.2, 0) is 17.8 Å². The maximum absolute atomic E-state index is 12.0. The lowest BCUT2D eigenvalue weighted by Crippen LogP contribution is -2.35. The normalized spacial score (nSPS) is 10.7. The number of pyridine rings is 1. The van der Waals surface area contributed by atoms with Crippen molar-refractivity contribution < 1.29 is 4.79 Å². The molecule has 2 aromatic rings. The minimum atomic E-state index is 0.0560. The molecule has 0 bridgehead atoms. The SMILES string of the molecule is Cc1ccccc1CNC(=O)CN(C)CCc1ccncc1. The highest BCUT2D eigenvalue weighted by molar-refractivity contribution is 5.78. The summed E-state index contributed by atoms with van der Waals surface area (Å²) in [5.41, 5.74) is 3.60. The van der Waals surface area contributed by atoms with E-state index in [4.69, 9.17) is 0 Å². The van der Waals surface area contributed by atoms with Crippen molar-refractivity contribution in [3.05, 3.63) is 65.5 Å². The second kappa shape index (κ2) is 8.29. The Morgan fingerprint density at radius 3 is 2.64 bits per heavy atom. The van der Waals surface area contributed by atoms with Gasteiger partial charge < -0.3 is 5.32 Å². The Morgan fingerprint density at radius 2 is 1.91 bits per heavy atom. The molecular formula is C18H23N3O. The number of carbonyl (C=O) groups is 1. The number of rotatable bonds is 7. The zero-order chi connectivity index (χ0) is 15.8. The summed E-state index contributed by atoms with van der Waals surface area (Å²) in [4.78, 5) is 18.0. The fourth-order valence-corrected chi connectivity index (χ4v) is 2.25. The Labute approximate surface area is 132 Å². The summed E-state index contributed by atoms with van der Waals surface area (Å²) in [6.07, 6.45) is 4.51. The zero-order valence-corrected chi connectivity index (χ0v) is 13.2. The monoisotopic (exact) mass is 297 g/mol. The van der Waals surface area contributed by atoms with Crippen LogP contribution in [0.4, 0.5) is 0 Å². The van der Waals surface area contributed by atoms with Crippen molar-refractivity contribution in [2.24, 2.45) is 0 Å². The molecule has 0 aliphatic carbocycles. The quantitative estimate of drug-likeness (QED) is 0.852. The first kappa shape index (κ1) is 16.2. The van der Waals surface area contributed by atoms with Gasteiger partial charge in [-0.3, -0.25) is 14.7 Å². The first-order valence-corrected chi connectivity index (χ1v) is 7.54. The van der Waals surface area contributed by atoms with Gasteiger partial charge >= 0.3 is 0 Å². The van der Waals surface area contributed by atoms with Gasteiger partial charge in [-0.05, 0) is 49.2 Å². The molecule has 0 unspecified atom stereocenters. The first-order chi connectivity index (χ1) is 10.6. The Hall–Kier alpha value is -2.20. The van der Waals surface area contributed by atoms with Crippen molar-refractivity contribution >= 4 is 5.91 Å². The Morgan fingerprint density at radius 1 is 1.18 bits per heavy atom. The van der Waals surface area contributed by atoms with E-state index in [1.54, 1.807) is 12.4 Å². The summed E-state index contributed by atoms with van der Waals surface area (Å²) in [6.45, 7) is 3.91. The Balaban J connectivity index is 1.71. The van der Waals surface area contributed by atoms with E-state index in [0.717, 1.165) is 18.5 Å². The molecule has 1 heterocycles. The van der Waals surface area contributed by atoms with E-state index >= 15 is 0 Å². The topological polar surface area (TPSA) is 45.2 Å². The van der Waals surface area contributed by atoms with E-state index in [-0.39, 0.29) is 5.91 Å². The number of aromatic nitrogens is 1. The van der Waals surface area contributed by atoms with E-state index in [2.05, 4.69) is 23.3 Å². The molecule has 0 fully saturated rings. The second-order valence-corrected chi connectivity index (χ2v) is 5.55. The highest BCUT2D eigenvalue weighted by Gasteiger charge is 2.07. The molecule has 0 spiro atoms. The maximum Gasteiger partial charge on any atom is 0.234 e. The maximum atomic E-state index is 12.0. The van der Waals surface area contributed by atoms with Crippen LogP contribution in [0.25, 0.3) is 0 Å². The molecule has 2 rings (SSSR count). The van der Waals surface area contributed by atoms with Crippen molar-refractivity contribution in [2.45, 2.75) is 19.9 Å². The Kier molecular flexibility index (Phi) is 6.10. The average molecular weight is 297 g/mol. The van der Waals surface area contributed by atoms with Crippen LogP contribution in [-0.4, -0.2) is 35.9 Å². The molecule has 1 aromatic carbocycles. The molecule has 1 N–H and O–H groups in total. The van der Waals surface area contributed by atoms with Crippen molar-refractivity contribution in [1.29, 1.82) is 0 Å². The molecule has 22 heavy (non-hydrogen) atoms. The second-order valence-electron chi connectivity index (χ2n) is 5.55. The van der Waals surface area contributed by atoms with E-state index in [1.165, 1.54) is 11.1 Å². The van der Waals surface area contributed by atoms with E-state index in [0.29, 0.717) is 13.1 Å². The van der Waals surface area contributed by atoms with Crippen LogP contribution in [0.5, 0.6) is 0 Å². The molecule has 0 saturated carbocycles. The smallest absolute Gasteiger partial charge is 0.234 e. The minimum Gasteiger partial charge on any atom is -0.351 e. The standard InChI is InChI=1S/C18H23N3O/c1-15-5-3-4-6-17(15)13-20-18(22)14-21(2)12-9-16-7-10-19-11-8-16/h3-8,10-11H,9,12-14H2,1-2H3,(H,20,22). The highest BCUT2D eigenvalue weighted by atomic mass is 16.2. The molecule has 116 valence electrons. The molecule has 0 aliphatic heterocycles. The third kappa shape index (κ3) is 5.30. The largest absolute Gasteiger partial charge is 0.351 e. The minimum absolute atomic E-state index is 0.0560. The number of aryl methyl sites for hydroxylation is 1. The fraction of sp³-hybridized carbons (Fsp3) is 0.333. The molecule has 0 aliphatic rings. The van der Waals surface area contributed by atoms with Gasteiger partial charge in [0.05, 0.1) is 6.54 Å². The third-order valence-electron chi connectivity index (χ3n) is 3.68. The fourth-order valence-electron chi connectivity index (χ4n) is 2.25. The summed E-state index contributed by atoms with van der Waals surface area (Å²) >= 11 is 0. The van der Waals surface area contributed by atoms with Gasteiger partial charge in [-0.1, -0.05) is 24.3 Å². The van der Waals surface area contributed by atoms with E-state index in [9.17, 15) is 4.79 Å². The van der Waals surface area contributed by atoms with Crippen LogP contribution in [0.2, 0.25) is 0 Å². The lowest BCUT2D eigenvalue weighted by Gasteiger charge is -2.16. The molecular weight excluding hydrogens is 274 g/mol. The van der Waals surface area contributed by atoms with Crippen LogP contribution < -0.4 is 5.32 Å². The Bertz CT molecular complexity index is 598.